The molecule has 0 saturated heterocycles. The lowest BCUT2D eigenvalue weighted by atomic mass is 10.2. The Kier molecular flexibility index (Phi) is 8.55. The Morgan fingerprint density at radius 3 is 2.60 bits per heavy atom. The van der Waals surface area contributed by atoms with Crippen molar-refractivity contribution < 1.29 is 9.59 Å². The van der Waals surface area contributed by atoms with Gasteiger partial charge >= 0.3 is 0 Å². The molecule has 1 heterocycles. The average Bonchev–Trinajstić information content (AvgIpc) is 3.14. The minimum absolute atomic E-state index is 0.0429. The second-order valence-corrected chi connectivity index (χ2v) is 7.78. The van der Waals surface area contributed by atoms with Gasteiger partial charge in [0.05, 0.1) is 4.88 Å². The molecule has 25 heavy (non-hydrogen) atoms. The third-order valence-corrected chi connectivity index (χ3v) is 5.47. The molecule has 0 saturated carbocycles. The first-order valence-electron chi connectivity index (χ1n) is 8.37. The van der Waals surface area contributed by atoms with Crippen molar-refractivity contribution in [2.24, 2.45) is 0 Å². The van der Waals surface area contributed by atoms with Gasteiger partial charge in [-0.05, 0) is 30.4 Å². The van der Waals surface area contributed by atoms with E-state index in [1.807, 2.05) is 23.2 Å². The van der Waals surface area contributed by atoms with Crippen molar-refractivity contribution in [1.82, 2.24) is 10.6 Å². The number of thiophene rings is 1. The molecule has 2 N–H and O–H groups in total. The van der Waals surface area contributed by atoms with Crippen LogP contribution in [0.4, 0.5) is 0 Å². The molecule has 0 unspecified atom stereocenters. The zero-order valence-electron chi connectivity index (χ0n) is 14.4. The molecule has 2 aromatic rings. The van der Waals surface area contributed by atoms with Crippen LogP contribution in [0.2, 0.25) is 0 Å². The molecule has 2 rings (SSSR count). The van der Waals surface area contributed by atoms with Crippen molar-refractivity contribution in [2.45, 2.75) is 25.5 Å². The molecule has 0 aliphatic carbocycles. The first-order valence-corrected chi connectivity index (χ1v) is 10.4. The van der Waals surface area contributed by atoms with Crippen molar-refractivity contribution in [1.29, 1.82) is 0 Å². The van der Waals surface area contributed by atoms with Gasteiger partial charge in [0, 0.05) is 31.0 Å². The zero-order valence-corrected chi connectivity index (χ0v) is 16.1. The lowest BCUT2D eigenvalue weighted by Gasteiger charge is -2.06. The maximum Gasteiger partial charge on any atom is 0.261 e. The Balaban J connectivity index is 1.47. The van der Waals surface area contributed by atoms with E-state index in [9.17, 15) is 9.59 Å². The number of hydrogen-bond donors (Lipinski definition) is 2. The highest BCUT2D eigenvalue weighted by molar-refractivity contribution is 7.98. The van der Waals surface area contributed by atoms with Crippen molar-refractivity contribution in [2.75, 3.05) is 18.8 Å². The number of carbonyl (C=O) groups is 2. The summed E-state index contributed by atoms with van der Waals surface area (Å²) in [4.78, 5) is 24.2. The summed E-state index contributed by atoms with van der Waals surface area (Å²) >= 11 is 3.23. The minimum atomic E-state index is -0.0667. The van der Waals surface area contributed by atoms with Crippen LogP contribution in [0.25, 0.3) is 0 Å². The molecular formula is C19H24N2O2S2. The fourth-order valence-electron chi connectivity index (χ4n) is 2.17. The molecule has 4 nitrogen and oxygen atoms in total. The molecule has 0 fully saturated rings. The van der Waals surface area contributed by atoms with E-state index in [4.69, 9.17) is 0 Å². The van der Waals surface area contributed by atoms with Gasteiger partial charge in [-0.25, -0.2) is 0 Å². The SMILES string of the molecule is Cc1ccc(CSCCNC(=O)CCCNC(=O)c2cccs2)cc1. The van der Waals surface area contributed by atoms with Crippen molar-refractivity contribution in [3.63, 3.8) is 0 Å². The van der Waals surface area contributed by atoms with Gasteiger partial charge in [0.25, 0.3) is 5.91 Å². The Labute approximate surface area is 157 Å². The molecule has 1 aromatic carbocycles. The predicted molar refractivity (Wildman–Crippen MR) is 106 cm³/mol. The van der Waals surface area contributed by atoms with E-state index in [1.54, 1.807) is 6.07 Å². The quantitative estimate of drug-likeness (QED) is 0.623. The molecule has 0 aliphatic heterocycles. The first kappa shape index (κ1) is 19.5. The van der Waals surface area contributed by atoms with E-state index < -0.39 is 0 Å². The summed E-state index contributed by atoms with van der Waals surface area (Å²) in [5.74, 6) is 1.84. The maximum atomic E-state index is 11.8. The van der Waals surface area contributed by atoms with Crippen LogP contribution in [0.3, 0.4) is 0 Å². The monoisotopic (exact) mass is 376 g/mol. The van der Waals surface area contributed by atoms with Gasteiger partial charge in [0.2, 0.25) is 5.91 Å². The highest BCUT2D eigenvalue weighted by atomic mass is 32.2. The van der Waals surface area contributed by atoms with Gasteiger partial charge < -0.3 is 10.6 Å². The van der Waals surface area contributed by atoms with E-state index >= 15 is 0 Å². The van der Waals surface area contributed by atoms with Crippen LogP contribution in [-0.4, -0.2) is 30.7 Å². The first-order chi connectivity index (χ1) is 12.1. The van der Waals surface area contributed by atoms with E-state index in [0.717, 1.165) is 11.5 Å². The Bertz CT molecular complexity index is 655. The van der Waals surface area contributed by atoms with Gasteiger partial charge in [-0.2, -0.15) is 11.8 Å². The Morgan fingerprint density at radius 2 is 1.88 bits per heavy atom. The maximum absolute atomic E-state index is 11.8. The number of benzene rings is 1. The number of carbonyl (C=O) groups excluding carboxylic acids is 2. The highest BCUT2D eigenvalue weighted by Gasteiger charge is 2.06. The number of amides is 2. The van der Waals surface area contributed by atoms with Crippen molar-refractivity contribution in [3.8, 4) is 0 Å². The third-order valence-electron chi connectivity index (χ3n) is 3.57. The van der Waals surface area contributed by atoms with E-state index in [0.29, 0.717) is 30.8 Å². The summed E-state index contributed by atoms with van der Waals surface area (Å²) in [7, 11) is 0. The molecule has 1 aromatic heterocycles. The van der Waals surface area contributed by atoms with E-state index in [2.05, 4.69) is 41.8 Å². The van der Waals surface area contributed by atoms with Crippen LogP contribution < -0.4 is 10.6 Å². The molecule has 0 radical (unpaired) electrons. The van der Waals surface area contributed by atoms with E-state index in [-0.39, 0.29) is 11.8 Å². The normalized spacial score (nSPS) is 10.4. The standard InChI is InChI=1S/C19H24N2O2S2/c1-15-6-8-16(9-7-15)14-24-13-11-20-18(22)5-2-10-21-19(23)17-4-3-12-25-17/h3-4,6-9,12H,2,5,10-11,13-14H2,1H3,(H,20,22)(H,21,23). The van der Waals surface area contributed by atoms with Gasteiger partial charge in [-0.15, -0.1) is 11.3 Å². The molecule has 0 atom stereocenters. The largest absolute Gasteiger partial charge is 0.355 e. The van der Waals surface area contributed by atoms with Crippen LogP contribution in [0.5, 0.6) is 0 Å². The number of nitrogens with one attached hydrogen (secondary N) is 2. The van der Waals surface area contributed by atoms with Crippen LogP contribution >= 0.6 is 23.1 Å². The molecule has 0 aliphatic rings. The van der Waals surface area contributed by atoms with Gasteiger partial charge in [-0.1, -0.05) is 35.9 Å². The molecule has 2 amide bonds. The Morgan fingerprint density at radius 1 is 1.08 bits per heavy atom. The number of aryl methyl sites for hydroxylation is 1. The summed E-state index contributed by atoms with van der Waals surface area (Å²) in [6.07, 6.45) is 1.09. The molecule has 0 spiro atoms. The van der Waals surface area contributed by atoms with Gasteiger partial charge in [-0.3, -0.25) is 9.59 Å². The Hall–Kier alpha value is -1.79. The summed E-state index contributed by atoms with van der Waals surface area (Å²) < 4.78 is 0. The molecule has 134 valence electrons. The summed E-state index contributed by atoms with van der Waals surface area (Å²) in [5, 5.41) is 7.62. The molecule has 6 heteroatoms. The number of thioether (sulfide) groups is 1. The fraction of sp³-hybridized carbons (Fsp3) is 0.368. The smallest absolute Gasteiger partial charge is 0.261 e. The van der Waals surface area contributed by atoms with E-state index in [1.165, 1.54) is 22.5 Å². The minimum Gasteiger partial charge on any atom is -0.355 e. The zero-order chi connectivity index (χ0) is 17.9. The summed E-state index contributed by atoms with van der Waals surface area (Å²) in [6.45, 7) is 3.28. The van der Waals surface area contributed by atoms with Gasteiger partial charge in [0.1, 0.15) is 0 Å². The predicted octanol–water partition coefficient (Wildman–Crippen LogP) is 3.62. The van der Waals surface area contributed by atoms with Crippen LogP contribution in [0.15, 0.2) is 41.8 Å². The van der Waals surface area contributed by atoms with Gasteiger partial charge in [0.15, 0.2) is 0 Å². The summed E-state index contributed by atoms with van der Waals surface area (Å²) in [5.41, 5.74) is 2.58. The molecular weight excluding hydrogens is 352 g/mol. The summed E-state index contributed by atoms with van der Waals surface area (Å²) in [6, 6.07) is 12.2. The second-order valence-electron chi connectivity index (χ2n) is 5.72. The molecule has 0 bridgehead atoms. The van der Waals surface area contributed by atoms with Crippen LogP contribution in [0.1, 0.15) is 33.6 Å². The topological polar surface area (TPSA) is 58.2 Å². The highest BCUT2D eigenvalue weighted by Crippen LogP contribution is 2.12. The average molecular weight is 377 g/mol. The lowest BCUT2D eigenvalue weighted by molar-refractivity contribution is -0.121. The fourth-order valence-corrected chi connectivity index (χ4v) is 3.63. The third kappa shape index (κ3) is 7.75. The number of rotatable bonds is 10. The lowest BCUT2D eigenvalue weighted by Crippen LogP contribution is -2.28. The van der Waals surface area contributed by atoms with Crippen LogP contribution in [0, 0.1) is 6.92 Å². The van der Waals surface area contributed by atoms with Crippen molar-refractivity contribution in [3.05, 3.63) is 57.8 Å². The van der Waals surface area contributed by atoms with Crippen molar-refractivity contribution >= 4 is 34.9 Å². The second kappa shape index (κ2) is 10.9. The number of hydrogen-bond acceptors (Lipinski definition) is 4. The van der Waals surface area contributed by atoms with Crippen LogP contribution in [-0.2, 0) is 10.5 Å².